The molecule has 10 aromatic rings. The predicted molar refractivity (Wildman–Crippen MR) is 228 cm³/mol. The number of para-hydroxylation sites is 2. The smallest absolute Gasteiger partial charge is 0.273 e. The molecule has 0 radical (unpaired) electrons. The first-order valence-electron chi connectivity index (χ1n) is 18.6. The molecule has 9 nitrogen and oxygen atoms in total. The monoisotopic (exact) mass is 735 g/mol. The number of hydrogen-bond donors (Lipinski definition) is 0. The van der Waals surface area contributed by atoms with Crippen molar-refractivity contribution in [3.8, 4) is 28.5 Å². The van der Waals surface area contributed by atoms with E-state index >= 15 is 0 Å². The van der Waals surface area contributed by atoms with Gasteiger partial charge in [-0.1, -0.05) is 84.9 Å². The van der Waals surface area contributed by atoms with Crippen LogP contribution in [0.2, 0.25) is 0 Å². The maximum absolute atomic E-state index is 4.63. The Labute approximate surface area is 328 Å². The SMILES string of the molecule is c1ccc(N(c2cccc(-c3ccccn3)c2)c2ccc3c4ccc(N(c5ccccc5)c5cccc(-c6ccccn6)c5)cc4n(-c4nncnn4)c3c2)cc1. The lowest BCUT2D eigenvalue weighted by Gasteiger charge is -2.26. The molecule has 0 saturated carbocycles. The summed E-state index contributed by atoms with van der Waals surface area (Å²) >= 11 is 0. The number of nitrogens with zero attached hydrogens (tertiary/aromatic N) is 9. The lowest BCUT2D eigenvalue weighted by atomic mass is 10.1. The van der Waals surface area contributed by atoms with Gasteiger partial charge in [0, 0.05) is 68.4 Å². The Morgan fingerprint density at radius 2 is 0.807 bits per heavy atom. The topological polar surface area (TPSA) is 88.8 Å². The maximum atomic E-state index is 4.63. The van der Waals surface area contributed by atoms with Crippen molar-refractivity contribution in [3.63, 3.8) is 0 Å². The number of rotatable bonds is 9. The lowest BCUT2D eigenvalue weighted by molar-refractivity contribution is 0.801. The number of fused-ring (bicyclic) bond motifs is 3. The summed E-state index contributed by atoms with van der Waals surface area (Å²) < 4.78 is 2.05. The minimum Gasteiger partial charge on any atom is -0.310 e. The molecule has 0 bridgehead atoms. The molecule has 9 heteroatoms. The van der Waals surface area contributed by atoms with Gasteiger partial charge in [-0.3, -0.25) is 14.5 Å². The van der Waals surface area contributed by atoms with Crippen LogP contribution in [0.3, 0.4) is 0 Å². The molecule has 0 aliphatic rings. The number of hydrogen-bond acceptors (Lipinski definition) is 8. The van der Waals surface area contributed by atoms with Gasteiger partial charge in [-0.2, -0.15) is 0 Å². The first-order valence-corrected chi connectivity index (χ1v) is 18.6. The highest BCUT2D eigenvalue weighted by Gasteiger charge is 2.21. The van der Waals surface area contributed by atoms with Crippen LogP contribution in [0, 0.1) is 0 Å². The highest BCUT2D eigenvalue weighted by molar-refractivity contribution is 6.11. The average Bonchev–Trinajstić information content (AvgIpc) is 3.61. The van der Waals surface area contributed by atoms with E-state index in [9.17, 15) is 0 Å². The van der Waals surface area contributed by atoms with Crippen molar-refractivity contribution in [2.24, 2.45) is 0 Å². The van der Waals surface area contributed by atoms with Crippen LogP contribution in [0.5, 0.6) is 0 Å². The van der Waals surface area contributed by atoms with Gasteiger partial charge in [0.1, 0.15) is 0 Å². The van der Waals surface area contributed by atoms with Gasteiger partial charge in [0.25, 0.3) is 5.95 Å². The van der Waals surface area contributed by atoms with Gasteiger partial charge in [0.2, 0.25) is 0 Å². The van der Waals surface area contributed by atoms with E-state index in [1.54, 1.807) is 0 Å². The molecular weight excluding hydrogens is 703 g/mol. The standard InChI is InChI=1S/C48H33N9/c1-3-15-36(16-4-1)55(38-19-11-13-34(29-38)44-21-7-9-27-49-44)40-23-25-42-43-26-24-41(32-47(43)57(46(42)31-40)48-53-51-33-52-54-48)56(37-17-5-2-6-18-37)39-20-12-14-35(30-39)45-22-8-10-28-50-45/h1-33H. The first kappa shape index (κ1) is 33.5. The first-order chi connectivity index (χ1) is 28.3. The Morgan fingerprint density at radius 3 is 1.26 bits per heavy atom. The third-order valence-corrected chi connectivity index (χ3v) is 10.0. The number of aromatic nitrogens is 7. The predicted octanol–water partition coefficient (Wildman–Crippen LogP) is 11.4. The molecule has 0 saturated heterocycles. The van der Waals surface area contributed by atoms with Gasteiger partial charge in [-0.15, -0.1) is 20.4 Å². The molecule has 0 fully saturated rings. The van der Waals surface area contributed by atoms with Crippen molar-refractivity contribution in [2.75, 3.05) is 9.80 Å². The quantitative estimate of drug-likeness (QED) is 0.145. The molecule has 0 aliphatic carbocycles. The molecule has 0 amide bonds. The molecule has 4 aromatic heterocycles. The summed E-state index contributed by atoms with van der Waals surface area (Å²) in [7, 11) is 0. The molecule has 0 aliphatic heterocycles. The van der Waals surface area contributed by atoms with Crippen LogP contribution in [0.4, 0.5) is 34.1 Å². The van der Waals surface area contributed by atoms with Crippen LogP contribution >= 0.6 is 0 Å². The summed E-state index contributed by atoms with van der Waals surface area (Å²) in [6.07, 6.45) is 5.00. The Morgan fingerprint density at radius 1 is 0.368 bits per heavy atom. The van der Waals surface area contributed by atoms with Crippen molar-refractivity contribution in [2.45, 2.75) is 0 Å². The van der Waals surface area contributed by atoms with Gasteiger partial charge in [0.15, 0.2) is 6.33 Å². The zero-order valence-electron chi connectivity index (χ0n) is 30.6. The molecule has 6 aromatic carbocycles. The Kier molecular flexibility index (Phi) is 8.62. The molecule has 0 N–H and O–H groups in total. The second-order valence-electron chi connectivity index (χ2n) is 13.5. The summed E-state index contributed by atoms with van der Waals surface area (Å²) in [5.74, 6) is 0.374. The maximum Gasteiger partial charge on any atom is 0.273 e. The van der Waals surface area contributed by atoms with Crippen molar-refractivity contribution in [1.82, 2.24) is 34.9 Å². The molecular formula is C48H33N9. The molecule has 0 spiro atoms. The Bertz CT molecular complexity index is 2780. The number of pyridine rings is 2. The van der Waals surface area contributed by atoms with E-state index < -0.39 is 0 Å². The summed E-state index contributed by atoms with van der Waals surface area (Å²) in [6, 6.07) is 62.7. The molecule has 10 rings (SSSR count). The fourth-order valence-corrected chi connectivity index (χ4v) is 7.50. The van der Waals surface area contributed by atoms with E-state index in [2.05, 4.69) is 178 Å². The highest BCUT2D eigenvalue weighted by Crippen LogP contribution is 2.43. The third-order valence-electron chi connectivity index (χ3n) is 10.0. The van der Waals surface area contributed by atoms with Crippen molar-refractivity contribution in [3.05, 3.63) is 201 Å². The molecule has 0 atom stereocenters. The Hall–Kier alpha value is -8.04. The number of anilines is 6. The van der Waals surface area contributed by atoms with E-state index in [0.29, 0.717) is 5.95 Å². The lowest BCUT2D eigenvalue weighted by Crippen LogP contribution is -2.11. The van der Waals surface area contributed by atoms with Gasteiger partial charge < -0.3 is 9.80 Å². The summed E-state index contributed by atoms with van der Waals surface area (Å²) in [5, 5.41) is 19.4. The normalized spacial score (nSPS) is 11.2. The molecule has 270 valence electrons. The summed E-state index contributed by atoms with van der Waals surface area (Å²) in [5.41, 5.74) is 11.7. The largest absolute Gasteiger partial charge is 0.310 e. The third kappa shape index (κ3) is 6.39. The van der Waals surface area contributed by atoms with E-state index in [0.717, 1.165) is 78.4 Å². The Balaban J connectivity index is 1.17. The molecule has 0 unspecified atom stereocenters. The average molecular weight is 736 g/mol. The minimum atomic E-state index is 0.374. The van der Waals surface area contributed by atoms with Crippen LogP contribution < -0.4 is 9.80 Å². The van der Waals surface area contributed by atoms with Crippen LogP contribution in [0.15, 0.2) is 201 Å². The summed E-state index contributed by atoms with van der Waals surface area (Å²) in [6.45, 7) is 0. The van der Waals surface area contributed by atoms with Crippen molar-refractivity contribution >= 4 is 55.9 Å². The molecule has 57 heavy (non-hydrogen) atoms. The van der Waals surface area contributed by atoms with E-state index in [4.69, 9.17) is 0 Å². The highest BCUT2D eigenvalue weighted by atomic mass is 15.3. The fraction of sp³-hybridized carbons (Fsp3) is 0. The van der Waals surface area contributed by atoms with Crippen molar-refractivity contribution in [1.29, 1.82) is 0 Å². The number of benzene rings is 6. The van der Waals surface area contributed by atoms with E-state index in [-0.39, 0.29) is 0 Å². The van der Waals surface area contributed by atoms with Gasteiger partial charge in [-0.25, -0.2) is 0 Å². The second kappa shape index (κ2) is 14.7. The van der Waals surface area contributed by atoms with Gasteiger partial charge >= 0.3 is 0 Å². The van der Waals surface area contributed by atoms with Gasteiger partial charge in [-0.05, 0) is 97.1 Å². The van der Waals surface area contributed by atoms with E-state index in [1.807, 2.05) is 60.9 Å². The van der Waals surface area contributed by atoms with Crippen LogP contribution in [0.1, 0.15) is 0 Å². The van der Waals surface area contributed by atoms with E-state index in [1.165, 1.54) is 6.33 Å². The van der Waals surface area contributed by atoms with Gasteiger partial charge in [0.05, 0.1) is 22.4 Å². The fourth-order valence-electron chi connectivity index (χ4n) is 7.50. The van der Waals surface area contributed by atoms with Crippen LogP contribution in [-0.4, -0.2) is 34.9 Å². The zero-order valence-corrected chi connectivity index (χ0v) is 30.6. The molecule has 4 heterocycles. The summed E-state index contributed by atoms with van der Waals surface area (Å²) in [4.78, 5) is 13.8. The van der Waals surface area contributed by atoms with Crippen molar-refractivity contribution < 1.29 is 0 Å². The second-order valence-corrected chi connectivity index (χ2v) is 13.5. The van der Waals surface area contributed by atoms with Crippen LogP contribution in [0.25, 0.3) is 50.3 Å². The van der Waals surface area contributed by atoms with Crippen LogP contribution in [-0.2, 0) is 0 Å². The zero-order chi connectivity index (χ0) is 38.0. The minimum absolute atomic E-state index is 0.374.